The minimum Gasteiger partial charge on any atom is -0.493 e. The Balaban J connectivity index is 1.75. The second-order valence-corrected chi connectivity index (χ2v) is 5.20. The third-order valence-electron chi connectivity index (χ3n) is 3.47. The highest BCUT2D eigenvalue weighted by atomic mass is 19.1. The van der Waals surface area contributed by atoms with Gasteiger partial charge < -0.3 is 20.1 Å². The summed E-state index contributed by atoms with van der Waals surface area (Å²) in [4.78, 5) is 11.8. The molecule has 24 heavy (non-hydrogen) atoms. The molecule has 0 unspecified atom stereocenters. The van der Waals surface area contributed by atoms with E-state index in [4.69, 9.17) is 9.47 Å². The van der Waals surface area contributed by atoms with Crippen LogP contribution in [0.4, 0.5) is 4.39 Å². The average molecular weight is 332 g/mol. The minimum atomic E-state index is -0.290. The molecule has 0 aliphatic rings. The van der Waals surface area contributed by atoms with Gasteiger partial charge in [-0.1, -0.05) is 18.2 Å². The number of hydrogen-bond donors (Lipinski definition) is 2. The van der Waals surface area contributed by atoms with Gasteiger partial charge in [0.05, 0.1) is 20.8 Å². The van der Waals surface area contributed by atoms with Gasteiger partial charge in [-0.15, -0.1) is 0 Å². The lowest BCUT2D eigenvalue weighted by molar-refractivity contribution is -0.120. The molecule has 1 amide bonds. The molecule has 2 aromatic rings. The highest BCUT2D eigenvalue weighted by Gasteiger charge is 2.05. The maximum Gasteiger partial charge on any atom is 0.234 e. The van der Waals surface area contributed by atoms with E-state index in [1.807, 2.05) is 18.2 Å². The Labute approximate surface area is 140 Å². The lowest BCUT2D eigenvalue weighted by Crippen LogP contribution is -2.33. The molecule has 0 aromatic heterocycles. The molecule has 6 heteroatoms. The molecule has 0 heterocycles. The number of ether oxygens (including phenoxy) is 2. The average Bonchev–Trinajstić information content (AvgIpc) is 2.61. The molecule has 0 aliphatic heterocycles. The number of halogens is 1. The van der Waals surface area contributed by atoms with Crippen molar-refractivity contribution >= 4 is 5.91 Å². The number of rotatable bonds is 8. The van der Waals surface area contributed by atoms with Crippen LogP contribution in [-0.2, 0) is 17.9 Å². The van der Waals surface area contributed by atoms with Crippen molar-refractivity contribution in [3.8, 4) is 11.5 Å². The van der Waals surface area contributed by atoms with Gasteiger partial charge in [0.2, 0.25) is 5.91 Å². The van der Waals surface area contributed by atoms with E-state index in [1.165, 1.54) is 12.1 Å². The lowest BCUT2D eigenvalue weighted by Gasteiger charge is -2.10. The number of amides is 1. The molecule has 2 aromatic carbocycles. The van der Waals surface area contributed by atoms with Crippen LogP contribution in [0.25, 0.3) is 0 Å². The zero-order valence-electron chi connectivity index (χ0n) is 13.8. The van der Waals surface area contributed by atoms with Crippen molar-refractivity contribution in [2.24, 2.45) is 0 Å². The van der Waals surface area contributed by atoms with E-state index >= 15 is 0 Å². The van der Waals surface area contributed by atoms with Gasteiger partial charge in [-0.2, -0.15) is 0 Å². The summed E-state index contributed by atoms with van der Waals surface area (Å²) >= 11 is 0. The number of nitrogens with one attached hydrogen (secondary N) is 2. The molecule has 0 radical (unpaired) electrons. The molecule has 0 aliphatic carbocycles. The van der Waals surface area contributed by atoms with Crippen molar-refractivity contribution in [1.82, 2.24) is 10.6 Å². The van der Waals surface area contributed by atoms with Gasteiger partial charge in [-0.3, -0.25) is 4.79 Å². The maximum atomic E-state index is 12.8. The number of carbonyl (C=O) groups excluding carboxylic acids is 1. The number of methoxy groups -OCH3 is 2. The molecule has 2 rings (SSSR count). The Kier molecular flexibility index (Phi) is 6.57. The van der Waals surface area contributed by atoms with Crippen LogP contribution in [0.3, 0.4) is 0 Å². The van der Waals surface area contributed by atoms with Crippen molar-refractivity contribution in [2.45, 2.75) is 13.1 Å². The SMILES string of the molecule is COc1ccc(CNCC(=O)NCc2ccc(F)cc2)cc1OC. The second kappa shape index (κ2) is 8.88. The standard InChI is InChI=1S/C18H21FN2O3/c1-23-16-8-5-14(9-17(16)24-2)10-20-12-18(22)21-11-13-3-6-15(19)7-4-13/h3-9,20H,10-12H2,1-2H3,(H,21,22). The largest absolute Gasteiger partial charge is 0.493 e. The molecule has 0 saturated carbocycles. The fraction of sp³-hybridized carbons (Fsp3) is 0.278. The van der Waals surface area contributed by atoms with E-state index in [2.05, 4.69) is 10.6 Å². The summed E-state index contributed by atoms with van der Waals surface area (Å²) in [6.45, 7) is 1.09. The first-order valence-corrected chi connectivity index (χ1v) is 7.55. The summed E-state index contributed by atoms with van der Waals surface area (Å²) in [5.41, 5.74) is 1.84. The predicted molar refractivity (Wildman–Crippen MR) is 89.5 cm³/mol. The van der Waals surface area contributed by atoms with Crippen molar-refractivity contribution in [2.75, 3.05) is 20.8 Å². The zero-order chi connectivity index (χ0) is 17.4. The summed E-state index contributed by atoms with van der Waals surface area (Å²) < 4.78 is 23.2. The van der Waals surface area contributed by atoms with E-state index in [0.717, 1.165) is 11.1 Å². The van der Waals surface area contributed by atoms with Crippen LogP contribution in [-0.4, -0.2) is 26.7 Å². The van der Waals surface area contributed by atoms with Gasteiger partial charge in [0.1, 0.15) is 5.82 Å². The van der Waals surface area contributed by atoms with Crippen LogP contribution in [0.1, 0.15) is 11.1 Å². The van der Waals surface area contributed by atoms with E-state index in [1.54, 1.807) is 26.4 Å². The van der Waals surface area contributed by atoms with Crippen LogP contribution >= 0.6 is 0 Å². The van der Waals surface area contributed by atoms with Gasteiger partial charge >= 0.3 is 0 Å². The Morgan fingerprint density at radius 1 is 0.958 bits per heavy atom. The summed E-state index contributed by atoms with van der Waals surface area (Å²) in [6, 6.07) is 11.6. The summed E-state index contributed by atoms with van der Waals surface area (Å²) in [7, 11) is 3.17. The summed E-state index contributed by atoms with van der Waals surface area (Å²) in [5, 5.41) is 5.84. The van der Waals surface area contributed by atoms with E-state index < -0.39 is 0 Å². The quantitative estimate of drug-likeness (QED) is 0.778. The van der Waals surface area contributed by atoms with E-state index in [9.17, 15) is 9.18 Å². The molecule has 0 bridgehead atoms. The van der Waals surface area contributed by atoms with Gasteiger partial charge in [0.25, 0.3) is 0 Å². The number of carbonyl (C=O) groups is 1. The third kappa shape index (κ3) is 5.24. The molecule has 2 N–H and O–H groups in total. The van der Waals surface area contributed by atoms with Crippen LogP contribution < -0.4 is 20.1 Å². The van der Waals surface area contributed by atoms with Crippen molar-refractivity contribution in [3.05, 3.63) is 59.4 Å². The molecule has 128 valence electrons. The lowest BCUT2D eigenvalue weighted by atomic mass is 10.2. The monoisotopic (exact) mass is 332 g/mol. The van der Waals surface area contributed by atoms with Crippen LogP contribution in [0.2, 0.25) is 0 Å². The maximum absolute atomic E-state index is 12.8. The fourth-order valence-electron chi connectivity index (χ4n) is 2.18. The van der Waals surface area contributed by atoms with Gasteiger partial charge in [0, 0.05) is 13.1 Å². The molecule has 0 fully saturated rings. The van der Waals surface area contributed by atoms with Gasteiger partial charge in [-0.05, 0) is 35.4 Å². The highest BCUT2D eigenvalue weighted by Crippen LogP contribution is 2.27. The zero-order valence-corrected chi connectivity index (χ0v) is 13.8. The fourth-order valence-corrected chi connectivity index (χ4v) is 2.18. The summed E-state index contributed by atoms with van der Waals surface area (Å²) in [5.74, 6) is 0.900. The molecular formula is C18H21FN2O3. The first-order chi connectivity index (χ1) is 11.6. The van der Waals surface area contributed by atoms with Gasteiger partial charge in [-0.25, -0.2) is 4.39 Å². The Morgan fingerprint density at radius 3 is 2.29 bits per heavy atom. The van der Waals surface area contributed by atoms with Crippen molar-refractivity contribution in [1.29, 1.82) is 0 Å². The predicted octanol–water partition coefficient (Wildman–Crippen LogP) is 2.25. The first kappa shape index (κ1) is 17.7. The van der Waals surface area contributed by atoms with Crippen LogP contribution in [0.15, 0.2) is 42.5 Å². The Hall–Kier alpha value is -2.60. The van der Waals surface area contributed by atoms with Crippen molar-refractivity contribution < 1.29 is 18.7 Å². The Morgan fingerprint density at radius 2 is 1.62 bits per heavy atom. The van der Waals surface area contributed by atoms with Gasteiger partial charge in [0.15, 0.2) is 11.5 Å². The van der Waals surface area contributed by atoms with E-state index in [-0.39, 0.29) is 18.3 Å². The third-order valence-corrected chi connectivity index (χ3v) is 3.47. The number of benzene rings is 2. The van der Waals surface area contributed by atoms with E-state index in [0.29, 0.717) is 24.6 Å². The van der Waals surface area contributed by atoms with Crippen molar-refractivity contribution in [3.63, 3.8) is 0 Å². The van der Waals surface area contributed by atoms with Crippen LogP contribution in [0, 0.1) is 5.82 Å². The molecular weight excluding hydrogens is 311 g/mol. The normalized spacial score (nSPS) is 10.3. The molecule has 0 atom stereocenters. The second-order valence-electron chi connectivity index (χ2n) is 5.20. The smallest absolute Gasteiger partial charge is 0.234 e. The highest BCUT2D eigenvalue weighted by molar-refractivity contribution is 5.77. The molecule has 0 saturated heterocycles. The van der Waals surface area contributed by atoms with Crippen LogP contribution in [0.5, 0.6) is 11.5 Å². The topological polar surface area (TPSA) is 59.6 Å². The summed E-state index contributed by atoms with van der Waals surface area (Å²) in [6.07, 6.45) is 0. The minimum absolute atomic E-state index is 0.125. The Bertz CT molecular complexity index is 674. The molecule has 0 spiro atoms. The first-order valence-electron chi connectivity index (χ1n) is 7.55. The number of hydrogen-bond acceptors (Lipinski definition) is 4. The molecule has 5 nitrogen and oxygen atoms in total.